The molecule has 0 saturated carbocycles. The predicted octanol–water partition coefficient (Wildman–Crippen LogP) is 5.66. The Bertz CT molecular complexity index is 1320. The number of anilines is 1. The van der Waals surface area contributed by atoms with Gasteiger partial charge in [-0.3, -0.25) is 0 Å². The van der Waals surface area contributed by atoms with Gasteiger partial charge in [0.2, 0.25) is 0 Å². The number of rotatable bonds is 8. The Labute approximate surface area is 201 Å². The van der Waals surface area contributed by atoms with E-state index < -0.39 is 6.09 Å². The van der Waals surface area contributed by atoms with Crippen LogP contribution >= 0.6 is 11.3 Å². The molecule has 0 radical (unpaired) electrons. The van der Waals surface area contributed by atoms with Crippen molar-refractivity contribution in [3.05, 3.63) is 64.5 Å². The number of methoxy groups -OCH3 is 2. The van der Waals surface area contributed by atoms with E-state index in [0.29, 0.717) is 23.9 Å². The van der Waals surface area contributed by atoms with E-state index in [9.17, 15) is 9.90 Å². The SMILES string of the molecule is COc1cc2cnnc(NC(C)c3cc(-c4ccccc4CN(C)C(=O)O)cs3)c2cc1OC. The molecule has 0 saturated heterocycles. The zero-order valence-electron chi connectivity index (χ0n) is 19.4. The van der Waals surface area contributed by atoms with Gasteiger partial charge in [-0.1, -0.05) is 24.3 Å². The summed E-state index contributed by atoms with van der Waals surface area (Å²) in [7, 11) is 4.78. The highest BCUT2D eigenvalue weighted by Gasteiger charge is 2.16. The van der Waals surface area contributed by atoms with Gasteiger partial charge in [-0.25, -0.2) is 4.79 Å². The standard InChI is InChI=1S/C25H26N4O4S/c1-15(27-24-20-11-22(33-4)21(32-3)9-17(20)12-26-28-24)23-10-18(14-34-23)19-8-6-5-7-16(19)13-29(2)25(30)31/h5-12,14-15H,13H2,1-4H3,(H,27,28)(H,30,31). The molecule has 34 heavy (non-hydrogen) atoms. The normalized spacial score (nSPS) is 11.8. The smallest absolute Gasteiger partial charge is 0.407 e. The number of hydrogen-bond donors (Lipinski definition) is 2. The fourth-order valence-electron chi connectivity index (χ4n) is 3.78. The second-order valence-electron chi connectivity index (χ2n) is 7.89. The summed E-state index contributed by atoms with van der Waals surface area (Å²) in [5.41, 5.74) is 3.03. The molecule has 4 rings (SSSR count). The Balaban J connectivity index is 1.60. The molecule has 0 aliphatic heterocycles. The summed E-state index contributed by atoms with van der Waals surface area (Å²) in [5.74, 6) is 1.92. The van der Waals surface area contributed by atoms with Gasteiger partial charge in [0.25, 0.3) is 0 Å². The summed E-state index contributed by atoms with van der Waals surface area (Å²) < 4.78 is 10.9. The van der Waals surface area contributed by atoms with Gasteiger partial charge in [-0.2, -0.15) is 5.10 Å². The van der Waals surface area contributed by atoms with Crippen molar-refractivity contribution in [2.75, 3.05) is 26.6 Å². The molecule has 9 heteroatoms. The maximum atomic E-state index is 11.3. The summed E-state index contributed by atoms with van der Waals surface area (Å²) in [6, 6.07) is 13.7. The van der Waals surface area contributed by atoms with Gasteiger partial charge < -0.3 is 24.8 Å². The summed E-state index contributed by atoms with van der Waals surface area (Å²) in [6.45, 7) is 2.39. The number of nitrogens with one attached hydrogen (secondary N) is 1. The van der Waals surface area contributed by atoms with Crippen molar-refractivity contribution in [2.45, 2.75) is 19.5 Å². The minimum absolute atomic E-state index is 0.0272. The number of aromatic nitrogens is 2. The number of benzene rings is 2. The molecule has 1 amide bonds. The molecule has 0 aliphatic carbocycles. The maximum absolute atomic E-state index is 11.3. The van der Waals surface area contributed by atoms with Gasteiger partial charge in [0.15, 0.2) is 17.3 Å². The Morgan fingerprint density at radius 2 is 1.91 bits per heavy atom. The molecular formula is C25H26N4O4S. The first-order chi connectivity index (χ1) is 16.4. The van der Waals surface area contributed by atoms with Crippen LogP contribution in [0.2, 0.25) is 0 Å². The second-order valence-corrected chi connectivity index (χ2v) is 8.83. The molecule has 176 valence electrons. The van der Waals surface area contributed by atoms with Crippen LogP contribution in [-0.2, 0) is 6.54 Å². The highest BCUT2D eigenvalue weighted by atomic mass is 32.1. The Morgan fingerprint density at radius 3 is 2.65 bits per heavy atom. The van der Waals surface area contributed by atoms with Gasteiger partial charge >= 0.3 is 6.09 Å². The molecule has 0 aliphatic rings. The molecule has 1 unspecified atom stereocenters. The molecule has 2 N–H and O–H groups in total. The van der Waals surface area contributed by atoms with Gasteiger partial charge in [0.1, 0.15) is 0 Å². The van der Waals surface area contributed by atoms with Crippen molar-refractivity contribution in [2.24, 2.45) is 0 Å². The molecule has 0 fully saturated rings. The van der Waals surface area contributed by atoms with Crippen LogP contribution in [0.25, 0.3) is 21.9 Å². The third-order valence-corrected chi connectivity index (χ3v) is 6.74. The topological polar surface area (TPSA) is 96.8 Å². The van der Waals surface area contributed by atoms with Gasteiger partial charge in [0.05, 0.1) is 26.5 Å². The van der Waals surface area contributed by atoms with Crippen molar-refractivity contribution in [1.82, 2.24) is 15.1 Å². The third kappa shape index (κ3) is 4.74. The van der Waals surface area contributed by atoms with E-state index in [1.807, 2.05) is 36.4 Å². The first-order valence-corrected chi connectivity index (χ1v) is 11.5. The predicted molar refractivity (Wildman–Crippen MR) is 134 cm³/mol. The first-order valence-electron chi connectivity index (χ1n) is 10.7. The highest BCUT2D eigenvalue weighted by molar-refractivity contribution is 7.10. The molecule has 1 atom stereocenters. The van der Waals surface area contributed by atoms with E-state index in [-0.39, 0.29) is 6.04 Å². The summed E-state index contributed by atoms with van der Waals surface area (Å²) in [6.07, 6.45) is 0.741. The molecule has 0 spiro atoms. The lowest BCUT2D eigenvalue weighted by molar-refractivity contribution is 0.154. The van der Waals surface area contributed by atoms with Crippen LogP contribution in [0.1, 0.15) is 23.4 Å². The lowest BCUT2D eigenvalue weighted by Gasteiger charge is -2.16. The largest absolute Gasteiger partial charge is 0.493 e. The van der Waals surface area contributed by atoms with Crippen LogP contribution in [0.5, 0.6) is 11.5 Å². The third-order valence-electron chi connectivity index (χ3n) is 5.63. The highest BCUT2D eigenvalue weighted by Crippen LogP contribution is 2.36. The number of thiophene rings is 1. The van der Waals surface area contributed by atoms with E-state index >= 15 is 0 Å². The Kier molecular flexibility index (Phi) is 6.83. The molecule has 0 bridgehead atoms. The van der Waals surface area contributed by atoms with Gasteiger partial charge in [-0.15, -0.1) is 16.4 Å². The van der Waals surface area contributed by atoms with Crippen molar-refractivity contribution >= 4 is 34.0 Å². The molecule has 8 nitrogen and oxygen atoms in total. The number of fused-ring (bicyclic) bond motifs is 1. The minimum Gasteiger partial charge on any atom is -0.493 e. The van der Waals surface area contributed by atoms with Gasteiger partial charge in [-0.05, 0) is 47.2 Å². The molecule has 2 aromatic carbocycles. The fourth-order valence-corrected chi connectivity index (χ4v) is 4.69. The van der Waals surface area contributed by atoms with Crippen LogP contribution in [0.4, 0.5) is 10.6 Å². The number of carboxylic acid groups (broad SMARTS) is 1. The van der Waals surface area contributed by atoms with Crippen LogP contribution in [-0.4, -0.2) is 47.6 Å². The average Bonchev–Trinajstić information content (AvgIpc) is 3.34. The van der Waals surface area contributed by atoms with E-state index in [0.717, 1.165) is 32.3 Å². The lowest BCUT2D eigenvalue weighted by Crippen LogP contribution is -2.24. The average molecular weight is 479 g/mol. The van der Waals surface area contributed by atoms with Gasteiger partial charge in [0, 0.05) is 29.2 Å². The molecule has 2 heterocycles. The zero-order valence-corrected chi connectivity index (χ0v) is 20.2. The number of carbonyl (C=O) groups is 1. The van der Waals surface area contributed by atoms with E-state index in [4.69, 9.17) is 9.47 Å². The molecule has 2 aromatic heterocycles. The van der Waals surface area contributed by atoms with Crippen LogP contribution in [0, 0.1) is 0 Å². The number of amides is 1. The maximum Gasteiger partial charge on any atom is 0.407 e. The van der Waals surface area contributed by atoms with E-state index in [1.54, 1.807) is 38.8 Å². The lowest BCUT2D eigenvalue weighted by atomic mass is 10.0. The summed E-state index contributed by atoms with van der Waals surface area (Å²) in [4.78, 5) is 13.7. The zero-order chi connectivity index (χ0) is 24.2. The summed E-state index contributed by atoms with van der Waals surface area (Å²) in [5, 5.41) is 25.1. The number of ether oxygens (including phenoxy) is 2. The van der Waals surface area contributed by atoms with Crippen molar-refractivity contribution < 1.29 is 19.4 Å². The Hall–Kier alpha value is -3.85. The summed E-state index contributed by atoms with van der Waals surface area (Å²) >= 11 is 1.64. The number of nitrogens with zero attached hydrogens (tertiary/aromatic N) is 3. The second kappa shape index (κ2) is 9.96. The quantitative estimate of drug-likeness (QED) is 0.337. The van der Waals surface area contributed by atoms with Crippen LogP contribution in [0.15, 0.2) is 54.0 Å². The van der Waals surface area contributed by atoms with E-state index in [2.05, 4.69) is 33.9 Å². The minimum atomic E-state index is -0.955. The van der Waals surface area contributed by atoms with Crippen molar-refractivity contribution in [3.8, 4) is 22.6 Å². The molecular weight excluding hydrogens is 452 g/mol. The van der Waals surface area contributed by atoms with Crippen molar-refractivity contribution in [3.63, 3.8) is 0 Å². The number of hydrogen-bond acceptors (Lipinski definition) is 7. The van der Waals surface area contributed by atoms with Crippen LogP contribution in [0.3, 0.4) is 0 Å². The first kappa shape index (κ1) is 23.3. The Morgan fingerprint density at radius 1 is 1.18 bits per heavy atom. The van der Waals surface area contributed by atoms with Crippen molar-refractivity contribution in [1.29, 1.82) is 0 Å². The fraction of sp³-hybridized carbons (Fsp3) is 0.240. The molecule has 4 aromatic rings. The monoisotopic (exact) mass is 478 g/mol. The van der Waals surface area contributed by atoms with Crippen LogP contribution < -0.4 is 14.8 Å². The van der Waals surface area contributed by atoms with E-state index in [1.165, 1.54) is 4.90 Å².